The third kappa shape index (κ3) is 3.13. The lowest BCUT2D eigenvalue weighted by molar-refractivity contribution is 0.654. The Hall–Kier alpha value is -1.70. The van der Waals surface area contributed by atoms with E-state index in [2.05, 4.69) is 66.3 Å². The highest BCUT2D eigenvalue weighted by Crippen LogP contribution is 2.12. The highest BCUT2D eigenvalue weighted by atomic mass is 15.0. The Bertz CT molecular complexity index is 471. The molecule has 0 radical (unpaired) electrons. The van der Waals surface area contributed by atoms with E-state index in [1.54, 1.807) is 0 Å². The van der Waals surface area contributed by atoms with Crippen molar-refractivity contribution in [1.82, 2.24) is 4.57 Å². The molecule has 1 aromatic carbocycles. The van der Waals surface area contributed by atoms with Gasteiger partial charge in [-0.3, -0.25) is 0 Å². The number of aromatic nitrogens is 1. The van der Waals surface area contributed by atoms with Crippen molar-refractivity contribution < 1.29 is 0 Å². The molecule has 0 bridgehead atoms. The average Bonchev–Trinajstić information content (AvgIpc) is 2.75. The Morgan fingerprint density at radius 1 is 1.18 bits per heavy atom. The van der Waals surface area contributed by atoms with Gasteiger partial charge in [0.25, 0.3) is 0 Å². The Labute approximate surface area is 103 Å². The number of nitrogens with one attached hydrogen (secondary N) is 1. The van der Waals surface area contributed by atoms with E-state index in [4.69, 9.17) is 0 Å². The third-order valence-electron chi connectivity index (χ3n) is 2.88. The van der Waals surface area contributed by atoms with Crippen LogP contribution in [0.15, 0.2) is 42.6 Å². The number of anilines is 1. The number of aryl methyl sites for hydroxylation is 2. The fourth-order valence-corrected chi connectivity index (χ4v) is 2.02. The quantitative estimate of drug-likeness (QED) is 0.823. The minimum absolute atomic E-state index is 0.885. The summed E-state index contributed by atoms with van der Waals surface area (Å²) in [6.07, 6.45) is 3.32. The zero-order valence-corrected chi connectivity index (χ0v) is 10.6. The maximum absolute atomic E-state index is 3.47. The summed E-state index contributed by atoms with van der Waals surface area (Å²) in [6.45, 7) is 6.30. The predicted molar refractivity (Wildman–Crippen MR) is 73.2 cm³/mol. The van der Waals surface area contributed by atoms with Crippen molar-refractivity contribution in [2.45, 2.75) is 33.4 Å². The molecule has 0 saturated carbocycles. The average molecular weight is 228 g/mol. The minimum atomic E-state index is 0.885. The summed E-state index contributed by atoms with van der Waals surface area (Å²) >= 11 is 0. The highest BCUT2D eigenvalue weighted by Gasteiger charge is 1.99. The van der Waals surface area contributed by atoms with Gasteiger partial charge in [0, 0.05) is 24.1 Å². The first-order valence-electron chi connectivity index (χ1n) is 6.24. The molecule has 0 atom stereocenters. The van der Waals surface area contributed by atoms with E-state index < -0.39 is 0 Å². The Morgan fingerprint density at radius 3 is 2.82 bits per heavy atom. The van der Waals surface area contributed by atoms with Crippen molar-refractivity contribution in [2.24, 2.45) is 0 Å². The van der Waals surface area contributed by atoms with Crippen molar-refractivity contribution in [3.63, 3.8) is 0 Å². The van der Waals surface area contributed by atoms with Crippen molar-refractivity contribution in [2.75, 3.05) is 5.32 Å². The first-order chi connectivity index (χ1) is 8.29. The number of hydrogen-bond acceptors (Lipinski definition) is 1. The summed E-state index contributed by atoms with van der Waals surface area (Å²) in [7, 11) is 0. The molecule has 2 rings (SSSR count). The molecule has 2 aromatic rings. The van der Waals surface area contributed by atoms with Gasteiger partial charge in [0.05, 0.1) is 6.54 Å². The smallest absolute Gasteiger partial charge is 0.0553 e. The van der Waals surface area contributed by atoms with E-state index in [0.29, 0.717) is 0 Å². The van der Waals surface area contributed by atoms with Crippen molar-refractivity contribution >= 4 is 5.69 Å². The van der Waals surface area contributed by atoms with Gasteiger partial charge in [-0.05, 0) is 43.2 Å². The number of benzene rings is 1. The van der Waals surface area contributed by atoms with Crippen LogP contribution >= 0.6 is 0 Å². The number of nitrogens with zero attached hydrogens (tertiary/aromatic N) is 1. The molecule has 1 aromatic heterocycles. The second-order valence-corrected chi connectivity index (χ2v) is 4.42. The Kier molecular flexibility index (Phi) is 3.86. The topological polar surface area (TPSA) is 17.0 Å². The normalized spacial score (nSPS) is 10.5. The van der Waals surface area contributed by atoms with E-state index in [1.165, 1.54) is 23.4 Å². The van der Waals surface area contributed by atoms with Crippen LogP contribution in [0.5, 0.6) is 0 Å². The van der Waals surface area contributed by atoms with E-state index in [9.17, 15) is 0 Å². The lowest BCUT2D eigenvalue weighted by Gasteiger charge is -2.10. The molecule has 0 fully saturated rings. The molecule has 17 heavy (non-hydrogen) atoms. The van der Waals surface area contributed by atoms with Crippen LogP contribution < -0.4 is 5.32 Å². The van der Waals surface area contributed by atoms with Gasteiger partial charge in [-0.2, -0.15) is 0 Å². The van der Waals surface area contributed by atoms with Gasteiger partial charge in [-0.15, -0.1) is 0 Å². The van der Waals surface area contributed by atoms with Crippen LogP contribution in [0, 0.1) is 6.92 Å². The third-order valence-corrected chi connectivity index (χ3v) is 2.88. The first-order valence-corrected chi connectivity index (χ1v) is 6.24. The summed E-state index contributed by atoms with van der Waals surface area (Å²) in [4.78, 5) is 0. The predicted octanol–water partition coefficient (Wildman–Crippen LogP) is 3.82. The van der Waals surface area contributed by atoms with Crippen LogP contribution in [-0.2, 0) is 13.1 Å². The van der Waals surface area contributed by atoms with E-state index in [1.807, 2.05) is 0 Å². The monoisotopic (exact) mass is 228 g/mol. The molecule has 1 N–H and O–H groups in total. The summed E-state index contributed by atoms with van der Waals surface area (Å²) in [6, 6.07) is 12.8. The van der Waals surface area contributed by atoms with Gasteiger partial charge < -0.3 is 9.88 Å². The second kappa shape index (κ2) is 5.58. The minimum Gasteiger partial charge on any atom is -0.379 e. The lowest BCUT2D eigenvalue weighted by atomic mass is 10.2. The summed E-state index contributed by atoms with van der Waals surface area (Å²) < 4.78 is 2.31. The van der Waals surface area contributed by atoms with Crippen molar-refractivity contribution in [3.8, 4) is 0 Å². The summed E-state index contributed by atoms with van der Waals surface area (Å²) in [5.41, 5.74) is 3.82. The summed E-state index contributed by atoms with van der Waals surface area (Å²) in [5, 5.41) is 3.47. The molecule has 0 aliphatic heterocycles. The van der Waals surface area contributed by atoms with E-state index in [-0.39, 0.29) is 0 Å². The lowest BCUT2D eigenvalue weighted by Crippen LogP contribution is -2.06. The molecular formula is C15H20N2. The molecule has 0 aliphatic rings. The summed E-state index contributed by atoms with van der Waals surface area (Å²) in [5.74, 6) is 0. The van der Waals surface area contributed by atoms with Crippen molar-refractivity contribution in [1.29, 1.82) is 0 Å². The largest absolute Gasteiger partial charge is 0.379 e. The second-order valence-electron chi connectivity index (χ2n) is 4.42. The fraction of sp³-hybridized carbons (Fsp3) is 0.333. The molecular weight excluding hydrogens is 208 g/mol. The van der Waals surface area contributed by atoms with Gasteiger partial charge in [-0.25, -0.2) is 0 Å². The standard InChI is InChI=1S/C15H20N2/c1-3-9-17-10-5-8-15(17)12-16-14-7-4-6-13(2)11-14/h4-8,10-11,16H,3,9,12H2,1-2H3. The van der Waals surface area contributed by atoms with Crippen LogP contribution in [0.2, 0.25) is 0 Å². The first kappa shape index (κ1) is 11.8. The molecule has 2 nitrogen and oxygen atoms in total. The van der Waals surface area contributed by atoms with Gasteiger partial charge in [0.15, 0.2) is 0 Å². The molecule has 2 heteroatoms. The van der Waals surface area contributed by atoms with E-state index in [0.717, 1.165) is 13.1 Å². The number of hydrogen-bond donors (Lipinski definition) is 1. The fourth-order valence-electron chi connectivity index (χ4n) is 2.02. The van der Waals surface area contributed by atoms with Crippen LogP contribution in [-0.4, -0.2) is 4.57 Å². The Morgan fingerprint density at radius 2 is 2.06 bits per heavy atom. The van der Waals surface area contributed by atoms with Gasteiger partial charge in [0.2, 0.25) is 0 Å². The molecule has 0 spiro atoms. The van der Waals surface area contributed by atoms with Crippen LogP contribution in [0.3, 0.4) is 0 Å². The molecule has 0 unspecified atom stereocenters. The Balaban J connectivity index is 1.99. The molecule has 1 heterocycles. The van der Waals surface area contributed by atoms with Gasteiger partial charge >= 0.3 is 0 Å². The molecule has 0 saturated heterocycles. The van der Waals surface area contributed by atoms with Crippen LogP contribution in [0.1, 0.15) is 24.6 Å². The zero-order valence-electron chi connectivity index (χ0n) is 10.6. The van der Waals surface area contributed by atoms with E-state index >= 15 is 0 Å². The molecule has 0 aliphatic carbocycles. The highest BCUT2D eigenvalue weighted by molar-refractivity contribution is 5.45. The zero-order chi connectivity index (χ0) is 12.1. The molecule has 90 valence electrons. The van der Waals surface area contributed by atoms with Gasteiger partial charge in [-0.1, -0.05) is 19.1 Å². The van der Waals surface area contributed by atoms with Crippen LogP contribution in [0.25, 0.3) is 0 Å². The van der Waals surface area contributed by atoms with Gasteiger partial charge in [0.1, 0.15) is 0 Å². The SMILES string of the molecule is CCCn1cccc1CNc1cccc(C)c1. The maximum Gasteiger partial charge on any atom is 0.0553 e. The van der Waals surface area contributed by atoms with Crippen molar-refractivity contribution in [3.05, 3.63) is 53.9 Å². The maximum atomic E-state index is 3.47. The number of rotatable bonds is 5. The van der Waals surface area contributed by atoms with Crippen LogP contribution in [0.4, 0.5) is 5.69 Å². The molecule has 0 amide bonds.